The molecule has 1 aromatic rings. The zero-order valence-electron chi connectivity index (χ0n) is 9.39. The Labute approximate surface area is 106 Å². The van der Waals surface area contributed by atoms with Crippen LogP contribution in [0.25, 0.3) is 0 Å². The van der Waals surface area contributed by atoms with Crippen LogP contribution >= 0.6 is 12.6 Å². The van der Waals surface area contributed by atoms with Crippen LogP contribution < -0.4 is 5.32 Å². The summed E-state index contributed by atoms with van der Waals surface area (Å²) in [5, 5.41) is 2.82. The number of carbonyl (C=O) groups is 1. The second-order valence-electron chi connectivity index (χ2n) is 3.83. The van der Waals surface area contributed by atoms with Gasteiger partial charge in [0.1, 0.15) is 0 Å². The fraction of sp³-hybridized carbons (Fsp3) is 0.417. The Kier molecular flexibility index (Phi) is 4.42. The summed E-state index contributed by atoms with van der Waals surface area (Å²) in [7, 11) is 0. The van der Waals surface area contributed by atoms with Crippen LogP contribution in [0.4, 0.5) is 0 Å². The summed E-state index contributed by atoms with van der Waals surface area (Å²) in [4.78, 5) is 12.6. The highest BCUT2D eigenvalue weighted by Crippen LogP contribution is 2.08. The lowest BCUT2D eigenvalue weighted by Gasteiger charge is -2.23. The quantitative estimate of drug-likeness (QED) is 0.794. The molecule has 1 aliphatic heterocycles. The van der Waals surface area contributed by atoms with Crippen molar-refractivity contribution in [3.63, 3.8) is 0 Å². The van der Waals surface area contributed by atoms with Gasteiger partial charge in [-0.2, -0.15) is 0 Å². The molecule has 1 aliphatic rings. The molecule has 1 aromatic carbocycles. The topological polar surface area (TPSA) is 47.6 Å². The Morgan fingerprint density at radius 1 is 1.47 bits per heavy atom. The van der Waals surface area contributed by atoms with Crippen LogP contribution in [0.1, 0.15) is 10.4 Å². The lowest BCUT2D eigenvalue weighted by molar-refractivity contribution is -0.0855. The van der Waals surface area contributed by atoms with Crippen molar-refractivity contribution in [3.05, 3.63) is 29.8 Å². The van der Waals surface area contributed by atoms with Crippen LogP contribution in [0.15, 0.2) is 29.2 Å². The predicted molar refractivity (Wildman–Crippen MR) is 66.6 cm³/mol. The summed E-state index contributed by atoms with van der Waals surface area (Å²) >= 11 is 4.19. The molecule has 92 valence electrons. The first-order valence-electron chi connectivity index (χ1n) is 5.52. The van der Waals surface area contributed by atoms with E-state index in [-0.39, 0.29) is 12.0 Å². The molecule has 0 bridgehead atoms. The molecule has 1 fully saturated rings. The summed E-state index contributed by atoms with van der Waals surface area (Å²) in [5.41, 5.74) is 0.606. The molecular weight excluding hydrogens is 238 g/mol. The molecule has 0 aliphatic carbocycles. The first-order valence-corrected chi connectivity index (χ1v) is 5.97. The lowest BCUT2D eigenvalue weighted by atomic mass is 10.2. The van der Waals surface area contributed by atoms with Gasteiger partial charge in [0.15, 0.2) is 0 Å². The van der Waals surface area contributed by atoms with Gasteiger partial charge in [-0.3, -0.25) is 4.79 Å². The molecule has 5 heteroatoms. The average Bonchev–Trinajstić information content (AvgIpc) is 2.37. The van der Waals surface area contributed by atoms with Gasteiger partial charge in [0, 0.05) is 17.0 Å². The van der Waals surface area contributed by atoms with Gasteiger partial charge >= 0.3 is 0 Å². The molecule has 0 aromatic heterocycles. The molecule has 0 spiro atoms. The van der Waals surface area contributed by atoms with Crippen molar-refractivity contribution >= 4 is 18.5 Å². The summed E-state index contributed by atoms with van der Waals surface area (Å²) in [6.07, 6.45) is -0.0492. The van der Waals surface area contributed by atoms with Crippen molar-refractivity contribution in [2.24, 2.45) is 0 Å². The van der Waals surface area contributed by atoms with E-state index in [4.69, 9.17) is 9.47 Å². The third-order valence-electron chi connectivity index (χ3n) is 2.48. The fourth-order valence-corrected chi connectivity index (χ4v) is 1.84. The zero-order valence-corrected chi connectivity index (χ0v) is 10.3. The number of amides is 1. The second-order valence-corrected chi connectivity index (χ2v) is 4.34. The minimum Gasteiger partial charge on any atom is -0.376 e. The number of ether oxygens (including phenoxy) is 2. The van der Waals surface area contributed by atoms with Gasteiger partial charge < -0.3 is 14.8 Å². The van der Waals surface area contributed by atoms with Crippen LogP contribution in [0.2, 0.25) is 0 Å². The lowest BCUT2D eigenvalue weighted by Crippen LogP contribution is -2.39. The maximum atomic E-state index is 11.8. The average molecular weight is 253 g/mol. The van der Waals surface area contributed by atoms with Crippen LogP contribution in [-0.2, 0) is 9.47 Å². The number of hydrogen-bond donors (Lipinski definition) is 2. The minimum atomic E-state index is -0.116. The Morgan fingerprint density at radius 2 is 2.35 bits per heavy atom. The van der Waals surface area contributed by atoms with Gasteiger partial charge in [0.05, 0.1) is 25.9 Å². The zero-order chi connectivity index (χ0) is 12.1. The minimum absolute atomic E-state index is 0.0492. The van der Waals surface area contributed by atoms with E-state index >= 15 is 0 Å². The molecule has 1 amide bonds. The highest BCUT2D eigenvalue weighted by Gasteiger charge is 2.15. The van der Waals surface area contributed by atoms with E-state index in [1.807, 2.05) is 6.07 Å². The van der Waals surface area contributed by atoms with Gasteiger partial charge in [-0.25, -0.2) is 0 Å². The van der Waals surface area contributed by atoms with E-state index in [0.717, 1.165) is 4.90 Å². The third-order valence-corrected chi connectivity index (χ3v) is 2.76. The summed E-state index contributed by atoms with van der Waals surface area (Å²) in [6.45, 7) is 2.22. The van der Waals surface area contributed by atoms with Crippen molar-refractivity contribution in [3.8, 4) is 0 Å². The van der Waals surface area contributed by atoms with Crippen molar-refractivity contribution in [1.29, 1.82) is 0 Å². The van der Waals surface area contributed by atoms with Gasteiger partial charge in [-0.1, -0.05) is 6.07 Å². The van der Waals surface area contributed by atoms with Crippen molar-refractivity contribution < 1.29 is 14.3 Å². The van der Waals surface area contributed by atoms with E-state index in [9.17, 15) is 4.79 Å². The Hall–Kier alpha value is -1.04. The largest absolute Gasteiger partial charge is 0.376 e. The molecule has 17 heavy (non-hydrogen) atoms. The van der Waals surface area contributed by atoms with Gasteiger partial charge in [0.25, 0.3) is 5.91 Å². The van der Waals surface area contributed by atoms with Crippen molar-refractivity contribution in [2.75, 3.05) is 26.4 Å². The smallest absolute Gasteiger partial charge is 0.251 e. The fourth-order valence-electron chi connectivity index (χ4n) is 1.61. The molecule has 1 N–H and O–H groups in total. The molecule has 1 heterocycles. The summed E-state index contributed by atoms with van der Waals surface area (Å²) in [6, 6.07) is 7.12. The van der Waals surface area contributed by atoms with Gasteiger partial charge in [-0.05, 0) is 18.2 Å². The number of hydrogen-bond acceptors (Lipinski definition) is 4. The van der Waals surface area contributed by atoms with Gasteiger partial charge in [-0.15, -0.1) is 12.6 Å². The Balaban J connectivity index is 1.84. The SMILES string of the molecule is O=C(NCC1COCCO1)c1cccc(S)c1. The van der Waals surface area contributed by atoms with Crippen molar-refractivity contribution in [2.45, 2.75) is 11.0 Å². The number of rotatable bonds is 3. The molecule has 1 unspecified atom stereocenters. The monoisotopic (exact) mass is 253 g/mol. The number of thiol groups is 1. The van der Waals surface area contributed by atoms with E-state index < -0.39 is 0 Å². The number of carbonyl (C=O) groups excluding carboxylic acids is 1. The molecule has 1 atom stereocenters. The normalized spacial score (nSPS) is 19.9. The van der Waals surface area contributed by atoms with Crippen LogP contribution in [0, 0.1) is 0 Å². The molecule has 0 saturated carbocycles. The first-order chi connectivity index (χ1) is 8.25. The van der Waals surface area contributed by atoms with E-state index in [1.54, 1.807) is 18.2 Å². The molecular formula is C12H15NO3S. The van der Waals surface area contributed by atoms with E-state index in [0.29, 0.717) is 31.9 Å². The number of nitrogens with one attached hydrogen (secondary N) is 1. The summed E-state index contributed by atoms with van der Waals surface area (Å²) in [5.74, 6) is -0.116. The van der Waals surface area contributed by atoms with Gasteiger partial charge in [0.2, 0.25) is 0 Å². The highest BCUT2D eigenvalue weighted by molar-refractivity contribution is 7.80. The molecule has 2 rings (SSSR count). The third kappa shape index (κ3) is 3.73. The Bertz CT molecular complexity index is 391. The number of benzene rings is 1. The molecule has 4 nitrogen and oxygen atoms in total. The van der Waals surface area contributed by atoms with Crippen molar-refractivity contribution in [1.82, 2.24) is 5.32 Å². The van der Waals surface area contributed by atoms with E-state index in [1.165, 1.54) is 0 Å². The van der Waals surface area contributed by atoms with Crippen LogP contribution in [-0.4, -0.2) is 38.4 Å². The maximum absolute atomic E-state index is 11.8. The summed E-state index contributed by atoms with van der Waals surface area (Å²) < 4.78 is 10.7. The first kappa shape index (κ1) is 12.4. The highest BCUT2D eigenvalue weighted by atomic mass is 32.1. The van der Waals surface area contributed by atoms with Crippen LogP contribution in [0.3, 0.4) is 0 Å². The molecule has 0 radical (unpaired) electrons. The van der Waals surface area contributed by atoms with E-state index in [2.05, 4.69) is 17.9 Å². The maximum Gasteiger partial charge on any atom is 0.251 e. The second kappa shape index (κ2) is 6.05. The molecule has 1 saturated heterocycles. The van der Waals surface area contributed by atoms with Crippen LogP contribution in [0.5, 0.6) is 0 Å². The Morgan fingerprint density at radius 3 is 3.06 bits per heavy atom. The predicted octanol–water partition coefficient (Wildman–Crippen LogP) is 1.12. The standard InChI is InChI=1S/C12H15NO3S/c14-12(9-2-1-3-11(17)6-9)13-7-10-8-15-4-5-16-10/h1-3,6,10,17H,4-5,7-8H2,(H,13,14).